The summed E-state index contributed by atoms with van der Waals surface area (Å²) in [7, 11) is 1.52. The van der Waals surface area contributed by atoms with E-state index in [4.69, 9.17) is 4.74 Å². The van der Waals surface area contributed by atoms with Crippen molar-refractivity contribution in [3.8, 4) is 39.5 Å². The highest BCUT2D eigenvalue weighted by Gasteiger charge is 2.16. The van der Waals surface area contributed by atoms with Crippen molar-refractivity contribution in [3.05, 3.63) is 67.0 Å². The Morgan fingerprint density at radius 3 is 2.75 bits per heavy atom. The molecule has 0 spiro atoms. The zero-order valence-corrected chi connectivity index (χ0v) is 16.8. The molecule has 1 aromatic carbocycles. The van der Waals surface area contributed by atoms with Gasteiger partial charge in [0, 0.05) is 34.8 Å². The summed E-state index contributed by atoms with van der Waals surface area (Å²) in [5.41, 5.74) is 6.26. The smallest absolute Gasteiger partial charge is 0.138 e. The lowest BCUT2D eigenvalue weighted by atomic mass is 10.0. The van der Waals surface area contributed by atoms with Gasteiger partial charge in [0.15, 0.2) is 0 Å². The van der Waals surface area contributed by atoms with Gasteiger partial charge >= 0.3 is 0 Å². The van der Waals surface area contributed by atoms with Crippen LogP contribution in [0.2, 0.25) is 0 Å². The fraction of sp³-hybridized carbons (Fsp3) is 0.0435. The summed E-state index contributed by atoms with van der Waals surface area (Å²) in [6.45, 7) is 0. The van der Waals surface area contributed by atoms with E-state index < -0.39 is 0 Å². The Labute approximate surface area is 180 Å². The Bertz CT molecular complexity index is 1580. The average Bonchev–Trinajstić information content (AvgIpc) is 3.56. The number of rotatable bonds is 4. The van der Waals surface area contributed by atoms with Crippen molar-refractivity contribution in [3.63, 3.8) is 0 Å². The van der Waals surface area contributed by atoms with Gasteiger partial charge in [0.1, 0.15) is 22.9 Å². The molecule has 6 aromatic rings. The van der Waals surface area contributed by atoms with Crippen molar-refractivity contribution in [1.82, 2.24) is 35.3 Å². The molecule has 0 fully saturated rings. The molecule has 0 saturated heterocycles. The lowest BCUT2D eigenvalue weighted by Crippen LogP contribution is -1.88. The fourth-order valence-electron chi connectivity index (χ4n) is 3.91. The standard InChI is InChI=1S/C23H16FN7O/c1-32-15-5-12(4-14(24)6-15)16-2-3-25-23-17(16)7-20(29-23)22-18-8-19(13-9-27-28-10-13)26-11-21(18)30-31-22/h2-11H,1H3,(H,25,29)(H,27,28)(H,30,31). The number of hydrogen-bond acceptors (Lipinski definition) is 5. The first-order valence-electron chi connectivity index (χ1n) is 9.86. The van der Waals surface area contributed by atoms with Crippen LogP contribution in [0.4, 0.5) is 4.39 Å². The maximum Gasteiger partial charge on any atom is 0.138 e. The molecule has 0 aliphatic heterocycles. The summed E-state index contributed by atoms with van der Waals surface area (Å²) in [5.74, 6) is 0.0935. The highest BCUT2D eigenvalue weighted by molar-refractivity contribution is 6.00. The first-order valence-corrected chi connectivity index (χ1v) is 9.86. The third-order valence-corrected chi connectivity index (χ3v) is 5.45. The topological polar surface area (TPSA) is 108 Å². The van der Waals surface area contributed by atoms with Gasteiger partial charge in [-0.2, -0.15) is 10.2 Å². The number of aromatic amines is 3. The summed E-state index contributed by atoms with van der Waals surface area (Å²) < 4.78 is 19.4. The number of hydrogen-bond donors (Lipinski definition) is 3. The first kappa shape index (κ1) is 18.3. The van der Waals surface area contributed by atoms with Gasteiger partial charge in [-0.05, 0) is 41.5 Å². The molecule has 0 bridgehead atoms. The Kier molecular flexibility index (Phi) is 4.00. The third kappa shape index (κ3) is 2.90. The molecule has 32 heavy (non-hydrogen) atoms. The van der Waals surface area contributed by atoms with E-state index in [0.717, 1.165) is 44.5 Å². The maximum atomic E-state index is 14.1. The van der Waals surface area contributed by atoms with Gasteiger partial charge in [-0.3, -0.25) is 15.2 Å². The molecule has 5 aromatic heterocycles. The molecule has 6 rings (SSSR count). The zero-order valence-electron chi connectivity index (χ0n) is 16.8. The van der Waals surface area contributed by atoms with Crippen LogP contribution in [-0.2, 0) is 0 Å². The monoisotopic (exact) mass is 425 g/mol. The van der Waals surface area contributed by atoms with Crippen molar-refractivity contribution in [2.45, 2.75) is 0 Å². The second-order valence-corrected chi connectivity index (χ2v) is 7.36. The average molecular weight is 425 g/mol. The van der Waals surface area contributed by atoms with Gasteiger partial charge in [-0.1, -0.05) is 0 Å². The van der Waals surface area contributed by atoms with Crippen LogP contribution in [-0.4, -0.2) is 42.5 Å². The van der Waals surface area contributed by atoms with E-state index in [1.807, 2.05) is 18.2 Å². The van der Waals surface area contributed by atoms with E-state index in [9.17, 15) is 4.39 Å². The van der Waals surface area contributed by atoms with Crippen LogP contribution in [0, 0.1) is 5.82 Å². The molecule has 0 aliphatic carbocycles. The Morgan fingerprint density at radius 2 is 1.91 bits per heavy atom. The second kappa shape index (κ2) is 7.02. The molecule has 3 N–H and O–H groups in total. The summed E-state index contributed by atoms with van der Waals surface area (Å²) in [6, 6.07) is 10.4. The number of H-pyrrole nitrogens is 3. The summed E-state index contributed by atoms with van der Waals surface area (Å²) in [6.07, 6.45) is 6.96. The molecule has 0 radical (unpaired) electrons. The van der Waals surface area contributed by atoms with Crippen LogP contribution < -0.4 is 4.74 Å². The molecule has 0 atom stereocenters. The highest BCUT2D eigenvalue weighted by Crippen LogP contribution is 2.35. The second-order valence-electron chi connectivity index (χ2n) is 7.36. The van der Waals surface area contributed by atoms with E-state index in [1.54, 1.807) is 30.9 Å². The predicted molar refractivity (Wildman–Crippen MR) is 119 cm³/mol. The minimum Gasteiger partial charge on any atom is -0.497 e. The van der Waals surface area contributed by atoms with E-state index in [0.29, 0.717) is 17.0 Å². The van der Waals surface area contributed by atoms with Crippen LogP contribution in [0.3, 0.4) is 0 Å². The first-order chi connectivity index (χ1) is 15.7. The molecular weight excluding hydrogens is 409 g/mol. The molecule has 8 nitrogen and oxygen atoms in total. The number of methoxy groups -OCH3 is 1. The van der Waals surface area contributed by atoms with Crippen molar-refractivity contribution in [1.29, 1.82) is 0 Å². The SMILES string of the molecule is COc1cc(F)cc(-c2ccnc3[nH]c(-c4n[nH]c5cnc(-c6cn[nH]c6)cc45)cc23)c1. The largest absolute Gasteiger partial charge is 0.497 e. The number of aromatic nitrogens is 7. The van der Waals surface area contributed by atoms with Crippen molar-refractivity contribution < 1.29 is 9.13 Å². The van der Waals surface area contributed by atoms with Crippen LogP contribution in [0.15, 0.2) is 61.2 Å². The molecule has 0 amide bonds. The van der Waals surface area contributed by atoms with Gasteiger partial charge in [0.2, 0.25) is 0 Å². The fourth-order valence-corrected chi connectivity index (χ4v) is 3.91. The Balaban J connectivity index is 1.51. The van der Waals surface area contributed by atoms with E-state index in [2.05, 4.69) is 35.3 Å². The lowest BCUT2D eigenvalue weighted by molar-refractivity contribution is 0.411. The van der Waals surface area contributed by atoms with Crippen molar-refractivity contribution in [2.24, 2.45) is 0 Å². The Hall–Kier alpha value is -4.53. The van der Waals surface area contributed by atoms with E-state index >= 15 is 0 Å². The number of pyridine rings is 2. The number of nitrogens with zero attached hydrogens (tertiary/aromatic N) is 4. The molecule has 0 saturated carbocycles. The van der Waals surface area contributed by atoms with Gasteiger partial charge in [0.05, 0.1) is 36.4 Å². The normalized spacial score (nSPS) is 11.4. The number of ether oxygens (including phenoxy) is 1. The zero-order chi connectivity index (χ0) is 21.7. The molecular formula is C23H16FN7O. The molecule has 156 valence electrons. The maximum absolute atomic E-state index is 14.1. The number of halogens is 1. The van der Waals surface area contributed by atoms with Crippen LogP contribution >= 0.6 is 0 Å². The van der Waals surface area contributed by atoms with Crippen molar-refractivity contribution in [2.75, 3.05) is 7.11 Å². The van der Waals surface area contributed by atoms with Gasteiger partial charge in [0.25, 0.3) is 0 Å². The highest BCUT2D eigenvalue weighted by atomic mass is 19.1. The number of nitrogens with one attached hydrogen (secondary N) is 3. The minimum atomic E-state index is -0.363. The van der Waals surface area contributed by atoms with Gasteiger partial charge in [-0.15, -0.1) is 0 Å². The summed E-state index contributed by atoms with van der Waals surface area (Å²) in [4.78, 5) is 12.3. The van der Waals surface area contributed by atoms with Crippen LogP contribution in [0.5, 0.6) is 5.75 Å². The quantitative estimate of drug-likeness (QED) is 0.379. The molecule has 0 aliphatic rings. The van der Waals surface area contributed by atoms with Gasteiger partial charge < -0.3 is 9.72 Å². The summed E-state index contributed by atoms with van der Waals surface area (Å²) >= 11 is 0. The lowest BCUT2D eigenvalue weighted by Gasteiger charge is -2.06. The van der Waals surface area contributed by atoms with Crippen molar-refractivity contribution >= 4 is 21.9 Å². The minimum absolute atomic E-state index is 0.363. The van der Waals surface area contributed by atoms with Crippen LogP contribution in [0.25, 0.3) is 55.7 Å². The number of fused-ring (bicyclic) bond motifs is 2. The van der Waals surface area contributed by atoms with E-state index in [1.165, 1.54) is 19.2 Å². The predicted octanol–water partition coefficient (Wildman–Crippen LogP) is 4.71. The molecule has 0 unspecified atom stereocenters. The van der Waals surface area contributed by atoms with Crippen LogP contribution in [0.1, 0.15) is 0 Å². The Morgan fingerprint density at radius 1 is 0.969 bits per heavy atom. The molecule has 5 heterocycles. The van der Waals surface area contributed by atoms with E-state index in [-0.39, 0.29) is 5.82 Å². The summed E-state index contributed by atoms with van der Waals surface area (Å²) in [5, 5.41) is 16.1. The number of benzene rings is 1. The van der Waals surface area contributed by atoms with Gasteiger partial charge in [-0.25, -0.2) is 9.37 Å². The third-order valence-electron chi connectivity index (χ3n) is 5.45. The molecule has 9 heteroatoms.